The Morgan fingerprint density at radius 1 is 0.461 bits per heavy atom. The number of ether oxygens (including phenoxy) is 3. The normalized spacial score (nSPS) is 16.4. The van der Waals surface area contributed by atoms with Gasteiger partial charge in [0, 0.05) is 29.0 Å². The van der Waals surface area contributed by atoms with Crippen LogP contribution in [0.3, 0.4) is 0 Å². The number of benzene rings is 4. The summed E-state index contributed by atoms with van der Waals surface area (Å²) < 4.78 is 65.7. The second kappa shape index (κ2) is 22.3. The Balaban J connectivity index is 0.896. The summed E-state index contributed by atoms with van der Waals surface area (Å²) in [7, 11) is -18.9. The van der Waals surface area contributed by atoms with Crippen molar-refractivity contribution in [2.24, 2.45) is 0 Å². The smallest absolute Gasteiger partial charge is 0.340 e. The van der Waals surface area contributed by atoms with Gasteiger partial charge >= 0.3 is 45.8 Å². The van der Waals surface area contributed by atoms with Gasteiger partial charge in [0.05, 0.1) is 24.7 Å². The minimum Gasteiger partial charge on any atom is -0.493 e. The van der Waals surface area contributed by atoms with Crippen LogP contribution in [0.2, 0.25) is 117 Å². The molecular weight excluding hydrogens is 1090 g/mol. The molecule has 2 atom stereocenters. The molecule has 0 fully saturated rings. The van der Waals surface area contributed by atoms with Crippen molar-refractivity contribution >= 4 is 94.8 Å². The van der Waals surface area contributed by atoms with Crippen molar-refractivity contribution in [3.63, 3.8) is 0 Å². The molecule has 1 aliphatic heterocycles. The lowest BCUT2D eigenvalue weighted by Gasteiger charge is -2.41. The molecule has 2 aliphatic rings. The first kappa shape index (κ1) is 60.3. The number of aryl methyl sites for hydroxylation is 4. The van der Waals surface area contributed by atoms with Crippen molar-refractivity contribution in [1.29, 1.82) is 0 Å². The van der Waals surface area contributed by atoms with E-state index in [-0.39, 0.29) is 0 Å². The Morgan fingerprint density at radius 2 is 0.882 bits per heavy atom. The summed E-state index contributed by atoms with van der Waals surface area (Å²) in [5, 5.41) is 3.28. The largest absolute Gasteiger partial charge is 0.493 e. The average molecular weight is 1180 g/mol. The molecule has 0 saturated heterocycles. The summed E-state index contributed by atoms with van der Waals surface area (Å²) in [6.45, 7) is 44.6. The maximum Gasteiger partial charge on any atom is 0.340 e. The third-order valence-electron chi connectivity index (χ3n) is 13.9. The Hall–Kier alpha value is -3.34. The topological polar surface area (TPSA) is 130 Å². The average Bonchev–Trinajstić information content (AvgIpc) is 3.21. The van der Waals surface area contributed by atoms with Crippen molar-refractivity contribution in [1.82, 2.24) is 0 Å². The highest BCUT2D eigenvalue weighted by Crippen LogP contribution is 2.57. The monoisotopic (exact) mass is 1170 g/mol. The van der Waals surface area contributed by atoms with E-state index in [9.17, 15) is 9.59 Å². The predicted molar refractivity (Wildman–Crippen MR) is 326 cm³/mol. The molecule has 0 amide bonds. The Kier molecular flexibility index (Phi) is 17.7. The first-order valence-electron chi connectivity index (χ1n) is 27.0. The van der Waals surface area contributed by atoms with Crippen molar-refractivity contribution in [3.05, 3.63) is 122 Å². The zero-order valence-corrected chi connectivity index (χ0v) is 57.2. The van der Waals surface area contributed by atoms with Gasteiger partial charge in [0.25, 0.3) is 0 Å². The lowest BCUT2D eigenvalue weighted by Crippen LogP contribution is -2.59. The van der Waals surface area contributed by atoms with Crippen LogP contribution < -0.4 is 30.2 Å². The molecule has 0 radical (unpaired) electrons. The van der Waals surface area contributed by atoms with Crippen LogP contribution >= 0.6 is 0 Å². The van der Waals surface area contributed by atoms with Gasteiger partial charge in [-0.05, 0) is 192 Å². The molecule has 76 heavy (non-hydrogen) atoms. The summed E-state index contributed by atoms with van der Waals surface area (Å²) in [5.41, 5.74) is 6.86. The summed E-state index contributed by atoms with van der Waals surface area (Å²) in [6.07, 6.45) is 1.58. The van der Waals surface area contributed by atoms with Crippen LogP contribution in [0.4, 0.5) is 0 Å². The zero-order chi connectivity index (χ0) is 56.2. The molecule has 7 rings (SSSR count). The Bertz CT molecular complexity index is 2980. The number of carbonyl (C=O) groups excluding carboxylic acids is 1. The molecule has 4 aromatic carbocycles. The maximum atomic E-state index is 13.7. The second-order valence-electron chi connectivity index (χ2n) is 25.4. The van der Waals surface area contributed by atoms with Gasteiger partial charge < -0.3 is 43.3 Å². The molecule has 2 unspecified atom stereocenters. The van der Waals surface area contributed by atoms with Crippen molar-refractivity contribution < 1.29 is 48.1 Å². The lowest BCUT2D eigenvalue weighted by molar-refractivity contribution is -0.138. The first-order chi connectivity index (χ1) is 34.9. The standard InChI is InChI=1S/C56H86O12Si8/c1-39-31-40(2)34-45(33-39)71(9,10)65-75(17,18)67-73(13,14)63-69(5,6)29-21-27-59-43-23-25-47-49(37-43)61-55(57)53-51(47)54-52(53)48-26-24-44(38-50(48)62-56(54)58)60-28-22-30-70(7,8)64-74(15,16)68-76(19,20)66-72(11,12)46-35-41(3)32-42(4)36-46/h23-26,31-38,51,53H,21-22,27-30H2,1-20H3. The van der Waals surface area contributed by atoms with E-state index in [1.807, 2.05) is 24.3 Å². The van der Waals surface area contributed by atoms with Gasteiger partial charge in [0.1, 0.15) is 22.8 Å². The highest BCUT2D eigenvalue weighted by molar-refractivity contribution is 6.94. The fourth-order valence-corrected chi connectivity index (χ4v) is 50.1. The van der Waals surface area contributed by atoms with E-state index in [0.717, 1.165) is 30.5 Å². The summed E-state index contributed by atoms with van der Waals surface area (Å²) in [4.78, 5) is 27.4. The predicted octanol–water partition coefficient (Wildman–Crippen LogP) is 13.3. The SMILES string of the molecule is Cc1cc(C)cc([Si](C)(C)O[Si](C)(C)O[Si](C)(C)O[Si](C)(C)CCCOc2ccc3c(c2)OC(=O)C2c4c(c(=O)oc5cc(OCCC[Si](C)(C)O[Si](C)(C)O[Si](C)(C)O[Si](C)(C)c6cc(C)cc(C)c6)ccc45)C32)c1. The quantitative estimate of drug-likeness (QED) is 0.0192. The van der Waals surface area contributed by atoms with Gasteiger partial charge in [0.2, 0.25) is 16.6 Å². The summed E-state index contributed by atoms with van der Waals surface area (Å²) >= 11 is 0. The Labute approximate surface area is 462 Å². The fraction of sp³-hybridized carbons (Fsp3) is 0.500. The minimum absolute atomic E-state index is 0.382. The molecule has 1 aliphatic carbocycles. The third kappa shape index (κ3) is 15.1. The number of carbonyl (C=O) groups is 1. The summed E-state index contributed by atoms with van der Waals surface area (Å²) in [6, 6.07) is 26.2. The van der Waals surface area contributed by atoms with E-state index in [2.05, 4.69) is 169 Å². The van der Waals surface area contributed by atoms with E-state index in [0.29, 0.717) is 52.6 Å². The van der Waals surface area contributed by atoms with Crippen LogP contribution in [0.1, 0.15) is 63.6 Å². The van der Waals surface area contributed by atoms with Crippen LogP contribution in [-0.4, -0.2) is 86.7 Å². The van der Waals surface area contributed by atoms with Crippen molar-refractivity contribution in [3.8, 4) is 17.2 Å². The molecule has 0 spiro atoms. The molecule has 0 N–H and O–H groups in total. The van der Waals surface area contributed by atoms with E-state index in [1.54, 1.807) is 12.1 Å². The minimum atomic E-state index is -2.54. The number of hydrogen-bond donors (Lipinski definition) is 0. The van der Waals surface area contributed by atoms with E-state index < -0.39 is 90.9 Å². The van der Waals surface area contributed by atoms with E-state index in [4.69, 9.17) is 43.3 Å². The summed E-state index contributed by atoms with van der Waals surface area (Å²) in [5.74, 6) is 0.128. The second-order valence-corrected chi connectivity index (χ2v) is 56.7. The van der Waals surface area contributed by atoms with Gasteiger partial charge in [0.15, 0.2) is 16.6 Å². The molecule has 2 heterocycles. The molecular formula is C56H86O12Si8. The highest BCUT2D eigenvalue weighted by atomic mass is 28.5. The molecule has 1 aromatic heterocycles. The molecule has 20 heteroatoms. The van der Waals surface area contributed by atoms with Crippen LogP contribution in [0, 0.1) is 27.7 Å². The van der Waals surface area contributed by atoms with Crippen molar-refractivity contribution in [2.45, 2.75) is 169 Å². The zero-order valence-electron chi connectivity index (χ0n) is 49.2. The Morgan fingerprint density at radius 3 is 1.34 bits per heavy atom. The van der Waals surface area contributed by atoms with Crippen LogP contribution in [-0.2, 0) is 29.5 Å². The number of hydrogen-bond acceptors (Lipinski definition) is 12. The van der Waals surface area contributed by atoms with Crippen LogP contribution in [0.5, 0.6) is 17.2 Å². The molecule has 414 valence electrons. The molecule has 0 saturated carbocycles. The number of fused-ring (bicyclic) bond motifs is 8. The first-order valence-corrected chi connectivity index (χ1v) is 50.4. The van der Waals surface area contributed by atoms with Crippen LogP contribution in [0.25, 0.3) is 11.0 Å². The van der Waals surface area contributed by atoms with Gasteiger partial charge in [-0.2, -0.15) is 0 Å². The van der Waals surface area contributed by atoms with Crippen molar-refractivity contribution in [2.75, 3.05) is 13.2 Å². The van der Waals surface area contributed by atoms with Gasteiger partial charge in [-0.1, -0.05) is 64.7 Å². The highest BCUT2D eigenvalue weighted by Gasteiger charge is 2.53. The number of rotatable bonds is 24. The van der Waals surface area contributed by atoms with Crippen LogP contribution in [0.15, 0.2) is 82.0 Å². The molecule has 0 bridgehead atoms. The molecule has 5 aromatic rings. The molecule has 12 nitrogen and oxygen atoms in total. The van der Waals surface area contributed by atoms with Gasteiger partial charge in [-0.25, -0.2) is 4.79 Å². The van der Waals surface area contributed by atoms with Gasteiger partial charge in [-0.3, -0.25) is 4.79 Å². The maximum absolute atomic E-state index is 13.7. The van der Waals surface area contributed by atoms with E-state index >= 15 is 0 Å². The van der Waals surface area contributed by atoms with E-state index in [1.165, 1.54) is 32.6 Å². The lowest BCUT2D eigenvalue weighted by atomic mass is 9.63. The number of esters is 1. The fourth-order valence-electron chi connectivity index (χ4n) is 12.0. The van der Waals surface area contributed by atoms with Gasteiger partial charge in [-0.15, -0.1) is 0 Å². The third-order valence-corrected chi connectivity index (χ3v) is 44.7.